The minimum absolute atomic E-state index is 0.0483. The van der Waals surface area contributed by atoms with Gasteiger partial charge in [-0.2, -0.15) is 0 Å². The summed E-state index contributed by atoms with van der Waals surface area (Å²) in [5, 5.41) is 0. The number of nitrogens with two attached hydrogens (primary N) is 1. The Bertz CT molecular complexity index is 936. The Morgan fingerprint density at radius 1 is 0.939 bits per heavy atom. The zero-order valence-corrected chi connectivity index (χ0v) is 19.4. The lowest BCUT2D eigenvalue weighted by Gasteiger charge is -2.41. The molecule has 0 aromatic heterocycles. The predicted molar refractivity (Wildman–Crippen MR) is 131 cm³/mol. The number of para-hydroxylation sites is 1. The first-order valence-electron chi connectivity index (χ1n) is 12.3. The number of aryl methyl sites for hydroxylation is 1. The molecule has 2 aliphatic rings. The van der Waals surface area contributed by atoms with Crippen LogP contribution in [0.2, 0.25) is 0 Å². The number of unbranched alkanes of at least 4 members (excludes halogenated alkanes) is 3. The number of ether oxygens (including phenoxy) is 1. The maximum atomic E-state index is 13.0. The fourth-order valence-corrected chi connectivity index (χ4v) is 4.85. The summed E-state index contributed by atoms with van der Waals surface area (Å²) in [7, 11) is 0. The van der Waals surface area contributed by atoms with Gasteiger partial charge in [0.05, 0.1) is 6.61 Å². The maximum absolute atomic E-state index is 13.0. The molecule has 2 heterocycles. The van der Waals surface area contributed by atoms with E-state index in [2.05, 4.69) is 6.07 Å². The largest absolute Gasteiger partial charge is 0.494 e. The third kappa shape index (κ3) is 5.74. The number of amides is 2. The van der Waals surface area contributed by atoms with Crippen molar-refractivity contribution in [2.45, 2.75) is 57.4 Å². The number of rotatable bonds is 9. The Hall–Kier alpha value is -2.86. The molecule has 0 spiro atoms. The van der Waals surface area contributed by atoms with E-state index in [1.807, 2.05) is 52.3 Å². The van der Waals surface area contributed by atoms with Crippen molar-refractivity contribution in [3.05, 3.63) is 59.7 Å². The van der Waals surface area contributed by atoms with Gasteiger partial charge in [0.2, 0.25) is 5.91 Å². The first-order valence-corrected chi connectivity index (χ1v) is 12.3. The van der Waals surface area contributed by atoms with Gasteiger partial charge in [-0.1, -0.05) is 31.0 Å². The zero-order valence-electron chi connectivity index (χ0n) is 19.4. The second-order valence-corrected chi connectivity index (χ2v) is 8.99. The van der Waals surface area contributed by atoms with Crippen LogP contribution in [-0.4, -0.2) is 49.0 Å². The second kappa shape index (κ2) is 11.3. The van der Waals surface area contributed by atoms with E-state index in [9.17, 15) is 9.59 Å². The number of fused-ring (bicyclic) bond motifs is 1. The van der Waals surface area contributed by atoms with E-state index in [0.717, 1.165) is 62.9 Å². The molecule has 0 atom stereocenters. The lowest BCUT2D eigenvalue weighted by Crippen LogP contribution is -2.50. The highest BCUT2D eigenvalue weighted by Gasteiger charge is 2.33. The van der Waals surface area contributed by atoms with Crippen LogP contribution >= 0.6 is 0 Å². The minimum Gasteiger partial charge on any atom is -0.494 e. The molecule has 0 saturated carbocycles. The Labute approximate surface area is 196 Å². The van der Waals surface area contributed by atoms with Crippen LogP contribution in [0.15, 0.2) is 48.5 Å². The fourth-order valence-electron chi connectivity index (χ4n) is 4.85. The number of piperidine rings is 1. The highest BCUT2D eigenvalue weighted by molar-refractivity contribution is 5.97. The van der Waals surface area contributed by atoms with Crippen molar-refractivity contribution < 1.29 is 14.3 Å². The van der Waals surface area contributed by atoms with Crippen molar-refractivity contribution in [1.82, 2.24) is 4.90 Å². The van der Waals surface area contributed by atoms with E-state index in [4.69, 9.17) is 10.5 Å². The summed E-state index contributed by atoms with van der Waals surface area (Å²) in [6.07, 6.45) is 7.33. The van der Waals surface area contributed by atoms with Crippen molar-refractivity contribution in [1.29, 1.82) is 0 Å². The highest BCUT2D eigenvalue weighted by Crippen LogP contribution is 2.32. The van der Waals surface area contributed by atoms with Gasteiger partial charge in [0, 0.05) is 36.8 Å². The van der Waals surface area contributed by atoms with Crippen LogP contribution in [0, 0.1) is 0 Å². The molecule has 2 aliphatic heterocycles. The van der Waals surface area contributed by atoms with Crippen molar-refractivity contribution in [2.24, 2.45) is 5.73 Å². The van der Waals surface area contributed by atoms with E-state index >= 15 is 0 Å². The van der Waals surface area contributed by atoms with Crippen LogP contribution < -0.4 is 15.4 Å². The Morgan fingerprint density at radius 3 is 2.42 bits per heavy atom. The first kappa shape index (κ1) is 23.3. The second-order valence-electron chi connectivity index (χ2n) is 8.99. The van der Waals surface area contributed by atoms with Gasteiger partial charge in [0.15, 0.2) is 0 Å². The quantitative estimate of drug-likeness (QED) is 0.583. The van der Waals surface area contributed by atoms with Crippen molar-refractivity contribution in [3.8, 4) is 5.75 Å². The van der Waals surface area contributed by atoms with Gasteiger partial charge in [0.1, 0.15) is 5.75 Å². The molecule has 0 unspecified atom stereocenters. The predicted octanol–water partition coefficient (Wildman–Crippen LogP) is 4.17. The van der Waals surface area contributed by atoms with Crippen molar-refractivity contribution in [2.75, 3.05) is 31.1 Å². The average molecular weight is 450 g/mol. The number of anilines is 1. The summed E-state index contributed by atoms with van der Waals surface area (Å²) < 4.78 is 5.79. The van der Waals surface area contributed by atoms with Gasteiger partial charge in [0.25, 0.3) is 5.91 Å². The van der Waals surface area contributed by atoms with Gasteiger partial charge in [-0.3, -0.25) is 9.59 Å². The third-order valence-electron chi connectivity index (χ3n) is 6.71. The smallest absolute Gasteiger partial charge is 0.253 e. The molecule has 1 fully saturated rings. The lowest BCUT2D eigenvalue weighted by atomic mass is 9.95. The fraction of sp³-hybridized carbons (Fsp3) is 0.481. The summed E-state index contributed by atoms with van der Waals surface area (Å²) in [5.74, 6) is 1.05. The molecule has 176 valence electrons. The number of nitrogens with zero attached hydrogens (tertiary/aromatic N) is 2. The van der Waals surface area contributed by atoms with E-state index in [1.54, 1.807) is 0 Å². The molecular weight excluding hydrogens is 414 g/mol. The highest BCUT2D eigenvalue weighted by atomic mass is 16.5. The van der Waals surface area contributed by atoms with Crippen LogP contribution in [0.3, 0.4) is 0 Å². The van der Waals surface area contributed by atoms with E-state index in [0.29, 0.717) is 31.7 Å². The van der Waals surface area contributed by atoms with Crippen LogP contribution in [0.5, 0.6) is 5.75 Å². The van der Waals surface area contributed by atoms with Gasteiger partial charge < -0.3 is 20.3 Å². The van der Waals surface area contributed by atoms with Gasteiger partial charge >= 0.3 is 0 Å². The molecule has 4 rings (SSSR count). The van der Waals surface area contributed by atoms with Gasteiger partial charge in [-0.15, -0.1) is 0 Å². The molecule has 0 radical (unpaired) electrons. The number of benzene rings is 2. The standard InChI is InChI=1S/C27H35N3O3/c28-17-5-1-2-6-20-33-24-12-9-22(10-13-24)27(32)29-18-15-23(16-19-29)30-25-8-4-3-7-21(25)11-14-26(30)31/h3-4,7-10,12-13,23H,1-2,5-6,11,14-20,28H2. The molecule has 2 aromatic carbocycles. The SMILES string of the molecule is NCCCCCCOc1ccc(C(=O)N2CCC(N3C(=O)CCc4ccccc43)CC2)cc1. The molecule has 2 amide bonds. The number of likely N-dealkylation sites (tertiary alicyclic amines) is 1. The van der Waals surface area contributed by atoms with E-state index in [1.165, 1.54) is 5.56 Å². The molecular formula is C27H35N3O3. The molecule has 6 nitrogen and oxygen atoms in total. The van der Waals surface area contributed by atoms with Crippen LogP contribution in [-0.2, 0) is 11.2 Å². The maximum Gasteiger partial charge on any atom is 0.253 e. The molecule has 33 heavy (non-hydrogen) atoms. The summed E-state index contributed by atoms with van der Waals surface area (Å²) in [4.78, 5) is 29.6. The van der Waals surface area contributed by atoms with Crippen LogP contribution in [0.1, 0.15) is 60.9 Å². The molecule has 6 heteroatoms. The number of carbonyl (C=O) groups excluding carboxylic acids is 2. The van der Waals surface area contributed by atoms with Gasteiger partial charge in [-0.05, 0) is 74.5 Å². The molecule has 2 aromatic rings. The molecule has 1 saturated heterocycles. The number of carbonyl (C=O) groups is 2. The van der Waals surface area contributed by atoms with Crippen LogP contribution in [0.4, 0.5) is 5.69 Å². The molecule has 0 aliphatic carbocycles. The topological polar surface area (TPSA) is 75.9 Å². The Balaban J connectivity index is 1.28. The van der Waals surface area contributed by atoms with Crippen molar-refractivity contribution >= 4 is 17.5 Å². The first-order chi connectivity index (χ1) is 16.2. The number of hydrogen-bond acceptors (Lipinski definition) is 4. The zero-order chi connectivity index (χ0) is 23.0. The lowest BCUT2D eigenvalue weighted by molar-refractivity contribution is -0.119. The minimum atomic E-state index is 0.0483. The third-order valence-corrected chi connectivity index (χ3v) is 6.71. The van der Waals surface area contributed by atoms with Crippen LogP contribution in [0.25, 0.3) is 0 Å². The van der Waals surface area contributed by atoms with Crippen molar-refractivity contribution in [3.63, 3.8) is 0 Å². The summed E-state index contributed by atoms with van der Waals surface area (Å²) in [5.41, 5.74) is 8.49. The monoisotopic (exact) mass is 449 g/mol. The Kier molecular flexibility index (Phi) is 8.00. The molecule has 2 N–H and O–H groups in total. The summed E-state index contributed by atoms with van der Waals surface area (Å²) in [6.45, 7) is 2.76. The van der Waals surface area contributed by atoms with Gasteiger partial charge in [-0.25, -0.2) is 0 Å². The summed E-state index contributed by atoms with van der Waals surface area (Å²) in [6, 6.07) is 15.8. The molecule has 0 bridgehead atoms. The summed E-state index contributed by atoms with van der Waals surface area (Å²) >= 11 is 0. The Morgan fingerprint density at radius 2 is 1.67 bits per heavy atom. The average Bonchev–Trinajstić information content (AvgIpc) is 2.86. The van der Waals surface area contributed by atoms with E-state index < -0.39 is 0 Å². The number of hydrogen-bond donors (Lipinski definition) is 1. The normalized spacial score (nSPS) is 16.6. The van der Waals surface area contributed by atoms with E-state index in [-0.39, 0.29) is 17.9 Å².